The molecular weight excluding hydrogens is 340 g/mol. The van der Waals surface area contributed by atoms with E-state index in [2.05, 4.69) is 25.1 Å². The van der Waals surface area contributed by atoms with Crippen LogP contribution in [-0.4, -0.2) is 63.9 Å². The Morgan fingerprint density at radius 3 is 2.70 bits per heavy atom. The molecule has 4 rings (SSSR count). The van der Waals surface area contributed by atoms with Gasteiger partial charge < -0.3 is 10.2 Å². The zero-order chi connectivity index (χ0) is 18.6. The van der Waals surface area contributed by atoms with Gasteiger partial charge in [-0.25, -0.2) is 9.97 Å². The molecule has 1 fully saturated rings. The zero-order valence-electron chi connectivity index (χ0n) is 15.5. The Morgan fingerprint density at radius 1 is 1.11 bits per heavy atom. The molecular formula is C20H24N6O. The number of fused-ring (bicyclic) bond motifs is 1. The molecule has 3 aromatic heterocycles. The summed E-state index contributed by atoms with van der Waals surface area (Å²) in [6.45, 7) is 6.71. The standard InChI is InChI=1S/C20H24N6O/c1-16(23-20(27)17-14-22-19-7-3-5-9-26(17)19)15-24-10-12-25(13-11-24)18-6-2-4-8-21-18/h2-9,14,16H,10-13,15H2,1H3,(H,23,27). The normalized spacial score (nSPS) is 16.4. The number of pyridine rings is 2. The molecule has 7 heteroatoms. The first-order valence-corrected chi connectivity index (χ1v) is 9.32. The molecule has 0 aromatic carbocycles. The highest BCUT2D eigenvalue weighted by Gasteiger charge is 2.21. The SMILES string of the molecule is CC(CN1CCN(c2ccccn2)CC1)NC(=O)c1cnc2ccccn12. The van der Waals surface area contributed by atoms with Gasteiger partial charge in [0.05, 0.1) is 6.20 Å². The summed E-state index contributed by atoms with van der Waals surface area (Å²) in [7, 11) is 0. The largest absolute Gasteiger partial charge is 0.354 e. The molecule has 27 heavy (non-hydrogen) atoms. The molecule has 1 atom stereocenters. The van der Waals surface area contributed by atoms with E-state index in [-0.39, 0.29) is 11.9 Å². The van der Waals surface area contributed by atoms with E-state index in [1.807, 2.05) is 60.1 Å². The third-order valence-corrected chi connectivity index (χ3v) is 4.90. The molecule has 1 saturated heterocycles. The van der Waals surface area contributed by atoms with E-state index < -0.39 is 0 Å². The first-order chi connectivity index (χ1) is 13.2. The van der Waals surface area contributed by atoms with Gasteiger partial charge in [0.2, 0.25) is 0 Å². The van der Waals surface area contributed by atoms with Crippen molar-refractivity contribution in [2.45, 2.75) is 13.0 Å². The van der Waals surface area contributed by atoms with Crippen molar-refractivity contribution in [2.75, 3.05) is 37.6 Å². The number of hydrogen-bond donors (Lipinski definition) is 1. The molecule has 1 amide bonds. The predicted octanol–water partition coefficient (Wildman–Crippen LogP) is 1.67. The van der Waals surface area contributed by atoms with Crippen LogP contribution in [0.1, 0.15) is 17.4 Å². The van der Waals surface area contributed by atoms with Gasteiger partial charge in [0.25, 0.3) is 5.91 Å². The molecule has 0 saturated carbocycles. The number of anilines is 1. The Hall–Kier alpha value is -2.93. The van der Waals surface area contributed by atoms with Crippen LogP contribution in [0.2, 0.25) is 0 Å². The van der Waals surface area contributed by atoms with Crippen LogP contribution in [0.4, 0.5) is 5.82 Å². The first-order valence-electron chi connectivity index (χ1n) is 9.32. The van der Waals surface area contributed by atoms with Crippen LogP contribution in [0.3, 0.4) is 0 Å². The number of piperazine rings is 1. The molecule has 140 valence electrons. The maximum atomic E-state index is 12.6. The van der Waals surface area contributed by atoms with E-state index in [0.717, 1.165) is 44.2 Å². The average molecular weight is 364 g/mol. The third kappa shape index (κ3) is 3.93. The summed E-state index contributed by atoms with van der Waals surface area (Å²) in [5.41, 5.74) is 1.35. The lowest BCUT2D eigenvalue weighted by atomic mass is 10.2. The number of imidazole rings is 1. The van der Waals surface area contributed by atoms with Crippen molar-refractivity contribution in [2.24, 2.45) is 0 Å². The topological polar surface area (TPSA) is 65.8 Å². The predicted molar refractivity (Wildman–Crippen MR) is 105 cm³/mol. The lowest BCUT2D eigenvalue weighted by Gasteiger charge is -2.36. The van der Waals surface area contributed by atoms with Crippen molar-refractivity contribution in [3.63, 3.8) is 0 Å². The molecule has 1 aliphatic rings. The minimum atomic E-state index is -0.0895. The van der Waals surface area contributed by atoms with Crippen LogP contribution >= 0.6 is 0 Å². The van der Waals surface area contributed by atoms with Crippen LogP contribution in [0.15, 0.2) is 55.0 Å². The first kappa shape index (κ1) is 17.5. The Morgan fingerprint density at radius 2 is 1.93 bits per heavy atom. The molecule has 1 aliphatic heterocycles. The van der Waals surface area contributed by atoms with Crippen LogP contribution < -0.4 is 10.2 Å². The fourth-order valence-corrected chi connectivity index (χ4v) is 3.53. The summed E-state index contributed by atoms with van der Waals surface area (Å²) >= 11 is 0. The van der Waals surface area contributed by atoms with Gasteiger partial charge in [-0.05, 0) is 31.2 Å². The molecule has 0 aliphatic carbocycles. The minimum absolute atomic E-state index is 0.0631. The zero-order valence-corrected chi connectivity index (χ0v) is 15.5. The van der Waals surface area contributed by atoms with Crippen LogP contribution in [0.25, 0.3) is 5.65 Å². The molecule has 0 bridgehead atoms. The number of amides is 1. The van der Waals surface area contributed by atoms with Crippen molar-refractivity contribution in [1.29, 1.82) is 0 Å². The van der Waals surface area contributed by atoms with Gasteiger partial charge in [0, 0.05) is 51.2 Å². The van der Waals surface area contributed by atoms with Crippen molar-refractivity contribution < 1.29 is 4.79 Å². The Kier molecular flexibility index (Phi) is 5.02. The summed E-state index contributed by atoms with van der Waals surface area (Å²) in [5.74, 6) is 0.944. The van der Waals surface area contributed by atoms with Gasteiger partial charge in [-0.2, -0.15) is 0 Å². The molecule has 0 spiro atoms. The number of nitrogens with one attached hydrogen (secondary N) is 1. The molecule has 1 N–H and O–H groups in total. The van der Waals surface area contributed by atoms with Crippen molar-refractivity contribution >= 4 is 17.4 Å². The number of carbonyl (C=O) groups is 1. The van der Waals surface area contributed by atoms with Crippen LogP contribution in [-0.2, 0) is 0 Å². The second kappa shape index (κ2) is 7.75. The van der Waals surface area contributed by atoms with Crippen LogP contribution in [0.5, 0.6) is 0 Å². The monoisotopic (exact) mass is 364 g/mol. The van der Waals surface area contributed by atoms with Gasteiger partial charge in [0.15, 0.2) is 0 Å². The van der Waals surface area contributed by atoms with Crippen LogP contribution in [0, 0.1) is 0 Å². The Labute approximate surface area is 158 Å². The maximum absolute atomic E-state index is 12.6. The summed E-state index contributed by atoms with van der Waals surface area (Å²) < 4.78 is 1.81. The summed E-state index contributed by atoms with van der Waals surface area (Å²) in [4.78, 5) is 26.0. The molecule has 4 heterocycles. The van der Waals surface area contributed by atoms with Crippen molar-refractivity contribution in [1.82, 2.24) is 24.6 Å². The van der Waals surface area contributed by atoms with Crippen molar-refractivity contribution in [3.05, 3.63) is 60.7 Å². The Balaban J connectivity index is 1.30. The van der Waals surface area contributed by atoms with Gasteiger partial charge in [-0.3, -0.25) is 14.1 Å². The van der Waals surface area contributed by atoms with E-state index in [4.69, 9.17) is 0 Å². The number of hydrogen-bond acceptors (Lipinski definition) is 5. The fraction of sp³-hybridized carbons (Fsp3) is 0.350. The average Bonchev–Trinajstić information content (AvgIpc) is 3.13. The molecule has 0 radical (unpaired) electrons. The molecule has 3 aromatic rings. The maximum Gasteiger partial charge on any atom is 0.270 e. The number of aromatic nitrogens is 3. The van der Waals surface area contributed by atoms with Gasteiger partial charge in [0.1, 0.15) is 17.2 Å². The van der Waals surface area contributed by atoms with Gasteiger partial charge in [-0.15, -0.1) is 0 Å². The molecule has 7 nitrogen and oxygen atoms in total. The van der Waals surface area contributed by atoms with E-state index in [9.17, 15) is 4.79 Å². The fourth-order valence-electron chi connectivity index (χ4n) is 3.53. The highest BCUT2D eigenvalue weighted by atomic mass is 16.2. The van der Waals surface area contributed by atoms with E-state index >= 15 is 0 Å². The lowest BCUT2D eigenvalue weighted by Crippen LogP contribution is -2.51. The highest BCUT2D eigenvalue weighted by molar-refractivity contribution is 5.93. The number of nitrogens with zero attached hydrogens (tertiary/aromatic N) is 5. The second-order valence-electron chi connectivity index (χ2n) is 6.92. The second-order valence-corrected chi connectivity index (χ2v) is 6.92. The highest BCUT2D eigenvalue weighted by Crippen LogP contribution is 2.13. The summed E-state index contributed by atoms with van der Waals surface area (Å²) in [6, 6.07) is 11.8. The quantitative estimate of drug-likeness (QED) is 0.746. The lowest BCUT2D eigenvalue weighted by molar-refractivity contribution is 0.0922. The number of carbonyl (C=O) groups excluding carboxylic acids is 1. The van der Waals surface area contributed by atoms with Gasteiger partial charge in [-0.1, -0.05) is 12.1 Å². The summed E-state index contributed by atoms with van der Waals surface area (Å²) in [5, 5.41) is 3.10. The molecule has 1 unspecified atom stereocenters. The van der Waals surface area contributed by atoms with Gasteiger partial charge >= 0.3 is 0 Å². The smallest absolute Gasteiger partial charge is 0.270 e. The number of rotatable bonds is 5. The van der Waals surface area contributed by atoms with E-state index in [1.165, 1.54) is 0 Å². The van der Waals surface area contributed by atoms with E-state index in [0.29, 0.717) is 5.69 Å². The van der Waals surface area contributed by atoms with Crippen molar-refractivity contribution in [3.8, 4) is 0 Å². The summed E-state index contributed by atoms with van der Waals surface area (Å²) in [6.07, 6.45) is 5.32. The Bertz CT molecular complexity index is 901. The minimum Gasteiger partial charge on any atom is -0.354 e. The third-order valence-electron chi connectivity index (χ3n) is 4.90. The van der Waals surface area contributed by atoms with E-state index in [1.54, 1.807) is 6.20 Å².